The first-order valence-corrected chi connectivity index (χ1v) is 7.80. The lowest BCUT2D eigenvalue weighted by atomic mass is 10.2. The van der Waals surface area contributed by atoms with E-state index in [-0.39, 0.29) is 34.8 Å². The molecule has 1 N–H and O–H groups in total. The molecule has 0 saturated heterocycles. The van der Waals surface area contributed by atoms with Gasteiger partial charge >= 0.3 is 5.97 Å². The lowest BCUT2D eigenvalue weighted by molar-refractivity contribution is -0.384. The first-order chi connectivity index (χ1) is 11.8. The number of non-ortho nitro benzene ring substituents is 1. The van der Waals surface area contributed by atoms with Crippen molar-refractivity contribution in [2.24, 2.45) is 0 Å². The van der Waals surface area contributed by atoms with Crippen LogP contribution in [0.4, 0.5) is 5.69 Å². The number of benzene rings is 1. The van der Waals surface area contributed by atoms with Crippen LogP contribution in [-0.2, 0) is 14.3 Å². The molecule has 0 aliphatic heterocycles. The summed E-state index contributed by atoms with van der Waals surface area (Å²) in [7, 11) is 1.41. The lowest BCUT2D eigenvalue weighted by Crippen LogP contribution is -2.40. The van der Waals surface area contributed by atoms with Crippen LogP contribution in [-0.4, -0.2) is 53.8 Å². The van der Waals surface area contributed by atoms with Crippen molar-refractivity contribution in [3.8, 4) is 0 Å². The van der Waals surface area contributed by atoms with Crippen molar-refractivity contribution in [3.05, 3.63) is 38.9 Å². The van der Waals surface area contributed by atoms with Crippen LogP contribution in [0.5, 0.6) is 0 Å². The topological polar surface area (TPSA) is 119 Å². The van der Waals surface area contributed by atoms with Crippen molar-refractivity contribution >= 4 is 35.1 Å². The first kappa shape index (κ1) is 18.7. The first-order valence-electron chi connectivity index (χ1n) is 7.42. The number of carbonyl (C=O) groups excluding carboxylic acids is 3. The minimum Gasteiger partial charge on any atom is -0.452 e. The summed E-state index contributed by atoms with van der Waals surface area (Å²) in [6.45, 7) is -0.754. The fraction of sp³-hybridized carbons (Fsp3) is 0.400. The maximum absolute atomic E-state index is 12.0. The molecule has 1 aromatic carbocycles. The van der Waals surface area contributed by atoms with Gasteiger partial charge in [-0.25, -0.2) is 4.79 Å². The number of nitrogens with zero attached hydrogens (tertiary/aromatic N) is 2. The van der Waals surface area contributed by atoms with E-state index >= 15 is 0 Å². The second-order valence-corrected chi connectivity index (χ2v) is 6.00. The summed E-state index contributed by atoms with van der Waals surface area (Å²) in [4.78, 5) is 46.7. The van der Waals surface area contributed by atoms with Gasteiger partial charge in [0.25, 0.3) is 11.6 Å². The number of ether oxygens (including phenoxy) is 1. The minimum absolute atomic E-state index is 0.0276. The Labute approximate surface area is 148 Å². The number of esters is 1. The molecule has 1 saturated carbocycles. The molecule has 1 aliphatic rings. The quantitative estimate of drug-likeness (QED) is 0.437. The normalized spacial score (nSPS) is 13.0. The van der Waals surface area contributed by atoms with Gasteiger partial charge in [-0.15, -0.1) is 0 Å². The molecule has 0 radical (unpaired) electrons. The molecule has 2 rings (SSSR count). The lowest BCUT2D eigenvalue weighted by Gasteiger charge is -2.16. The molecule has 10 heteroatoms. The Kier molecular flexibility index (Phi) is 5.92. The molecule has 1 aliphatic carbocycles. The zero-order valence-electron chi connectivity index (χ0n) is 13.4. The SMILES string of the molecule is CN(CC(=O)NC1CC1)C(=O)COC(=O)c1cc([N+](=O)[O-])ccc1Cl. The smallest absolute Gasteiger partial charge is 0.340 e. The Balaban J connectivity index is 1.88. The number of hydrogen-bond donors (Lipinski definition) is 1. The third-order valence-corrected chi connectivity index (χ3v) is 3.79. The van der Waals surface area contributed by atoms with Crippen molar-refractivity contribution in [2.45, 2.75) is 18.9 Å². The fourth-order valence-electron chi connectivity index (χ4n) is 1.90. The summed E-state index contributed by atoms with van der Waals surface area (Å²) in [6.07, 6.45) is 1.87. The zero-order valence-corrected chi connectivity index (χ0v) is 14.1. The van der Waals surface area contributed by atoms with E-state index in [1.807, 2.05) is 0 Å². The van der Waals surface area contributed by atoms with Crippen molar-refractivity contribution in [1.29, 1.82) is 0 Å². The van der Waals surface area contributed by atoms with Gasteiger partial charge in [0.05, 0.1) is 22.1 Å². The number of hydrogen-bond acceptors (Lipinski definition) is 6. The van der Waals surface area contributed by atoms with Crippen molar-refractivity contribution in [3.63, 3.8) is 0 Å². The van der Waals surface area contributed by atoms with Gasteiger partial charge in [-0.05, 0) is 18.9 Å². The number of nitro groups is 1. The largest absolute Gasteiger partial charge is 0.452 e. The highest BCUT2D eigenvalue weighted by Crippen LogP contribution is 2.22. The van der Waals surface area contributed by atoms with E-state index in [9.17, 15) is 24.5 Å². The number of likely N-dealkylation sites (N-methyl/N-ethyl adjacent to an activating group) is 1. The molecule has 2 amide bonds. The van der Waals surface area contributed by atoms with Gasteiger partial charge in [0, 0.05) is 25.2 Å². The highest BCUT2D eigenvalue weighted by atomic mass is 35.5. The third kappa shape index (κ3) is 5.42. The summed E-state index contributed by atoms with van der Waals surface area (Å²) >= 11 is 5.83. The van der Waals surface area contributed by atoms with Crippen LogP contribution in [0.3, 0.4) is 0 Å². The van der Waals surface area contributed by atoms with Gasteiger partial charge in [0.1, 0.15) is 0 Å². The molecule has 0 spiro atoms. The Bertz CT molecular complexity index is 719. The van der Waals surface area contributed by atoms with Crippen LogP contribution in [0, 0.1) is 10.1 Å². The van der Waals surface area contributed by atoms with Gasteiger partial charge in [0.15, 0.2) is 6.61 Å². The average Bonchev–Trinajstić information content (AvgIpc) is 3.35. The van der Waals surface area contributed by atoms with Gasteiger partial charge in [-0.2, -0.15) is 0 Å². The molecule has 0 bridgehead atoms. The average molecular weight is 370 g/mol. The van der Waals surface area contributed by atoms with Gasteiger partial charge in [-0.1, -0.05) is 11.6 Å². The Morgan fingerprint density at radius 3 is 2.68 bits per heavy atom. The maximum Gasteiger partial charge on any atom is 0.340 e. The molecule has 25 heavy (non-hydrogen) atoms. The van der Waals surface area contributed by atoms with Crippen LogP contribution < -0.4 is 5.32 Å². The maximum atomic E-state index is 12.0. The number of nitro benzene ring substituents is 1. The number of amides is 2. The monoisotopic (exact) mass is 369 g/mol. The molecular weight excluding hydrogens is 354 g/mol. The summed E-state index contributed by atoms with van der Waals surface area (Å²) in [6, 6.07) is 3.51. The predicted molar refractivity (Wildman–Crippen MR) is 87.2 cm³/mol. The second kappa shape index (κ2) is 7.93. The van der Waals surface area contributed by atoms with Gasteiger partial charge in [0.2, 0.25) is 5.91 Å². The third-order valence-electron chi connectivity index (χ3n) is 3.46. The molecular formula is C15H16ClN3O6. The van der Waals surface area contributed by atoms with E-state index in [1.54, 1.807) is 0 Å². The molecule has 9 nitrogen and oxygen atoms in total. The van der Waals surface area contributed by atoms with Gasteiger partial charge in [-0.3, -0.25) is 19.7 Å². The number of rotatable bonds is 7. The number of carbonyl (C=O) groups is 3. The molecule has 0 heterocycles. The Hall–Kier alpha value is -2.68. The summed E-state index contributed by atoms with van der Waals surface area (Å²) in [5, 5.41) is 13.4. The second-order valence-electron chi connectivity index (χ2n) is 5.59. The van der Waals surface area contributed by atoms with Crippen LogP contribution in [0.25, 0.3) is 0 Å². The number of nitrogens with one attached hydrogen (secondary N) is 1. The van der Waals surface area contributed by atoms with Crippen LogP contribution in [0.1, 0.15) is 23.2 Å². The number of halogens is 1. The summed E-state index contributed by atoms with van der Waals surface area (Å²) < 4.78 is 4.83. The van der Waals surface area contributed by atoms with Crippen molar-refractivity contribution in [2.75, 3.05) is 20.2 Å². The van der Waals surface area contributed by atoms with E-state index in [4.69, 9.17) is 16.3 Å². The van der Waals surface area contributed by atoms with Crippen LogP contribution in [0.15, 0.2) is 18.2 Å². The fourth-order valence-corrected chi connectivity index (χ4v) is 2.10. The predicted octanol–water partition coefficient (Wildman–Crippen LogP) is 1.14. The van der Waals surface area contributed by atoms with E-state index in [0.717, 1.165) is 29.9 Å². The highest BCUT2D eigenvalue weighted by Gasteiger charge is 2.25. The molecule has 0 unspecified atom stereocenters. The summed E-state index contributed by atoms with van der Waals surface area (Å²) in [5.74, 6) is -1.83. The Morgan fingerprint density at radius 1 is 1.40 bits per heavy atom. The highest BCUT2D eigenvalue weighted by molar-refractivity contribution is 6.33. The van der Waals surface area contributed by atoms with Crippen LogP contribution >= 0.6 is 11.6 Å². The van der Waals surface area contributed by atoms with E-state index < -0.39 is 23.4 Å². The van der Waals surface area contributed by atoms with Crippen molar-refractivity contribution in [1.82, 2.24) is 10.2 Å². The Morgan fingerprint density at radius 2 is 2.08 bits per heavy atom. The summed E-state index contributed by atoms with van der Waals surface area (Å²) in [5.41, 5.74) is -0.533. The van der Waals surface area contributed by atoms with E-state index in [2.05, 4.69) is 5.32 Å². The minimum atomic E-state index is -0.960. The van der Waals surface area contributed by atoms with E-state index in [0.29, 0.717) is 0 Å². The van der Waals surface area contributed by atoms with Gasteiger partial charge < -0.3 is 15.0 Å². The van der Waals surface area contributed by atoms with Crippen molar-refractivity contribution < 1.29 is 24.0 Å². The molecule has 1 fully saturated rings. The molecule has 134 valence electrons. The van der Waals surface area contributed by atoms with Crippen LogP contribution in [0.2, 0.25) is 5.02 Å². The molecule has 0 aromatic heterocycles. The zero-order chi connectivity index (χ0) is 18.6. The van der Waals surface area contributed by atoms with E-state index in [1.165, 1.54) is 13.1 Å². The molecule has 1 aromatic rings. The standard InChI is InChI=1S/C15H16ClN3O6/c1-18(7-13(20)17-9-2-3-9)14(21)8-25-15(22)11-6-10(19(23)24)4-5-12(11)16/h4-6,9H,2-3,7-8H2,1H3,(H,17,20). The molecule has 0 atom stereocenters.